The van der Waals surface area contributed by atoms with E-state index in [0.29, 0.717) is 24.4 Å². The number of carbonyl (C=O) groups is 1. The normalized spacial score (nSPS) is 17.9. The Morgan fingerprint density at radius 3 is 2.78 bits per heavy atom. The number of hydrogen-bond donors (Lipinski definition) is 2. The predicted octanol–water partition coefficient (Wildman–Crippen LogP) is 1.48. The average Bonchev–Trinajstić information content (AvgIpc) is 3.01. The van der Waals surface area contributed by atoms with Crippen molar-refractivity contribution in [1.29, 1.82) is 0 Å². The molecule has 7 nitrogen and oxygen atoms in total. The molecular formula is C16H16N6O. The van der Waals surface area contributed by atoms with Gasteiger partial charge in [0.05, 0.1) is 0 Å². The molecule has 0 bridgehead atoms. The second-order valence-corrected chi connectivity index (χ2v) is 5.56. The monoisotopic (exact) mass is 308 g/mol. The van der Waals surface area contributed by atoms with Crippen molar-refractivity contribution in [1.82, 2.24) is 25.1 Å². The number of aromatic nitrogens is 4. The van der Waals surface area contributed by atoms with E-state index in [1.165, 1.54) is 0 Å². The molecule has 3 aromatic rings. The quantitative estimate of drug-likeness (QED) is 0.765. The first-order valence-electron chi connectivity index (χ1n) is 7.61. The van der Waals surface area contributed by atoms with Gasteiger partial charge in [0.1, 0.15) is 5.82 Å². The fourth-order valence-electron chi connectivity index (χ4n) is 2.70. The Morgan fingerprint density at radius 1 is 1.13 bits per heavy atom. The third kappa shape index (κ3) is 2.73. The van der Waals surface area contributed by atoms with Gasteiger partial charge in [-0.05, 0) is 18.6 Å². The smallest absolute Gasteiger partial charge is 0.220 e. The van der Waals surface area contributed by atoms with Crippen LogP contribution in [0, 0.1) is 0 Å². The zero-order valence-corrected chi connectivity index (χ0v) is 12.4. The van der Waals surface area contributed by atoms with Crippen LogP contribution >= 0.6 is 0 Å². The molecule has 0 radical (unpaired) electrons. The molecule has 0 saturated carbocycles. The van der Waals surface area contributed by atoms with Gasteiger partial charge in [-0.1, -0.05) is 30.3 Å². The van der Waals surface area contributed by atoms with E-state index in [2.05, 4.69) is 25.9 Å². The lowest BCUT2D eigenvalue weighted by Crippen LogP contribution is -2.42. The molecule has 1 atom stereocenters. The molecule has 1 fully saturated rings. The summed E-state index contributed by atoms with van der Waals surface area (Å²) < 4.78 is 1.74. The first-order chi connectivity index (χ1) is 11.3. The summed E-state index contributed by atoms with van der Waals surface area (Å²) in [6, 6.07) is 13.8. The minimum absolute atomic E-state index is 0.108. The van der Waals surface area contributed by atoms with Gasteiger partial charge in [-0.25, -0.2) is 0 Å². The average molecular weight is 308 g/mol. The Balaban J connectivity index is 1.63. The maximum atomic E-state index is 11.2. The molecule has 23 heavy (non-hydrogen) atoms. The SMILES string of the molecule is O=C1CCC(Nc2ccc3nnc(-c4ccccc4)n3n2)CN1. The van der Waals surface area contributed by atoms with Gasteiger partial charge < -0.3 is 10.6 Å². The highest BCUT2D eigenvalue weighted by atomic mass is 16.1. The van der Waals surface area contributed by atoms with Crippen LogP contribution in [0.15, 0.2) is 42.5 Å². The lowest BCUT2D eigenvalue weighted by atomic mass is 10.1. The Hall–Kier alpha value is -2.96. The summed E-state index contributed by atoms with van der Waals surface area (Å²) in [7, 11) is 0. The highest BCUT2D eigenvalue weighted by molar-refractivity contribution is 5.77. The van der Waals surface area contributed by atoms with Crippen LogP contribution in [0.2, 0.25) is 0 Å². The molecule has 1 unspecified atom stereocenters. The topological polar surface area (TPSA) is 84.2 Å². The maximum absolute atomic E-state index is 11.2. The van der Waals surface area contributed by atoms with Crippen LogP contribution in [0.5, 0.6) is 0 Å². The van der Waals surface area contributed by atoms with Crippen molar-refractivity contribution >= 4 is 17.4 Å². The summed E-state index contributed by atoms with van der Waals surface area (Å²) in [6.07, 6.45) is 1.35. The van der Waals surface area contributed by atoms with Gasteiger partial charge >= 0.3 is 0 Å². The van der Waals surface area contributed by atoms with E-state index >= 15 is 0 Å². The number of amides is 1. The first-order valence-corrected chi connectivity index (χ1v) is 7.61. The highest BCUT2D eigenvalue weighted by Gasteiger charge is 2.18. The van der Waals surface area contributed by atoms with Crippen LogP contribution in [-0.4, -0.2) is 38.3 Å². The molecule has 2 aromatic heterocycles. The van der Waals surface area contributed by atoms with E-state index in [-0.39, 0.29) is 11.9 Å². The Bertz CT molecular complexity index is 834. The lowest BCUT2D eigenvalue weighted by Gasteiger charge is -2.23. The summed E-state index contributed by atoms with van der Waals surface area (Å²) in [5.41, 5.74) is 1.67. The second kappa shape index (κ2) is 5.68. The Morgan fingerprint density at radius 2 is 2.00 bits per heavy atom. The van der Waals surface area contributed by atoms with E-state index in [0.717, 1.165) is 17.8 Å². The van der Waals surface area contributed by atoms with Crippen LogP contribution in [0.3, 0.4) is 0 Å². The van der Waals surface area contributed by atoms with Crippen molar-refractivity contribution in [2.24, 2.45) is 0 Å². The third-order valence-corrected chi connectivity index (χ3v) is 3.91. The van der Waals surface area contributed by atoms with E-state index in [1.807, 2.05) is 42.5 Å². The van der Waals surface area contributed by atoms with Crippen molar-refractivity contribution in [2.45, 2.75) is 18.9 Å². The second-order valence-electron chi connectivity index (χ2n) is 5.56. The number of nitrogens with one attached hydrogen (secondary N) is 2. The largest absolute Gasteiger partial charge is 0.364 e. The van der Waals surface area contributed by atoms with Crippen molar-refractivity contribution in [3.05, 3.63) is 42.5 Å². The van der Waals surface area contributed by atoms with Gasteiger partial charge in [0.15, 0.2) is 11.5 Å². The standard InChI is InChI=1S/C16H16N6O/c23-15-9-6-12(10-17-15)18-13-7-8-14-19-20-16(22(14)21-13)11-4-2-1-3-5-11/h1-5,7-8,12H,6,9-10H2,(H,17,23)(H,18,21). The third-order valence-electron chi connectivity index (χ3n) is 3.91. The molecule has 0 spiro atoms. The number of piperidine rings is 1. The van der Waals surface area contributed by atoms with Crippen molar-refractivity contribution in [3.8, 4) is 11.4 Å². The number of nitrogens with zero attached hydrogens (tertiary/aromatic N) is 4. The van der Waals surface area contributed by atoms with Crippen molar-refractivity contribution in [3.63, 3.8) is 0 Å². The molecule has 1 saturated heterocycles. The van der Waals surface area contributed by atoms with E-state index in [9.17, 15) is 4.79 Å². The fraction of sp³-hybridized carbons (Fsp3) is 0.250. The minimum atomic E-state index is 0.108. The maximum Gasteiger partial charge on any atom is 0.220 e. The summed E-state index contributed by atoms with van der Waals surface area (Å²) in [5, 5.41) is 19.2. The van der Waals surface area contributed by atoms with Crippen LogP contribution < -0.4 is 10.6 Å². The summed E-state index contributed by atoms with van der Waals surface area (Å²) in [4.78, 5) is 11.2. The van der Waals surface area contributed by atoms with Gasteiger partial charge in [0.2, 0.25) is 5.91 Å². The molecule has 1 aliphatic heterocycles. The number of rotatable bonds is 3. The molecule has 7 heteroatoms. The summed E-state index contributed by atoms with van der Waals surface area (Å²) in [5.74, 6) is 1.56. The number of benzene rings is 1. The summed E-state index contributed by atoms with van der Waals surface area (Å²) in [6.45, 7) is 0.617. The van der Waals surface area contributed by atoms with Gasteiger partial charge in [-0.15, -0.1) is 15.3 Å². The fourth-order valence-corrected chi connectivity index (χ4v) is 2.70. The van der Waals surface area contributed by atoms with E-state index < -0.39 is 0 Å². The zero-order chi connectivity index (χ0) is 15.6. The Labute approximate surface area is 132 Å². The molecule has 3 heterocycles. The molecular weight excluding hydrogens is 292 g/mol. The molecule has 0 aliphatic carbocycles. The molecule has 2 N–H and O–H groups in total. The van der Waals surface area contributed by atoms with E-state index in [1.54, 1.807) is 4.52 Å². The van der Waals surface area contributed by atoms with Crippen LogP contribution in [0.1, 0.15) is 12.8 Å². The zero-order valence-electron chi connectivity index (χ0n) is 12.4. The van der Waals surface area contributed by atoms with Gasteiger partial charge in [0, 0.05) is 24.6 Å². The molecule has 116 valence electrons. The molecule has 1 aliphatic rings. The lowest BCUT2D eigenvalue weighted by molar-refractivity contribution is -0.122. The van der Waals surface area contributed by atoms with Crippen LogP contribution in [-0.2, 0) is 4.79 Å². The molecule has 1 amide bonds. The Kier molecular flexibility index (Phi) is 3.38. The number of anilines is 1. The summed E-state index contributed by atoms with van der Waals surface area (Å²) >= 11 is 0. The first kappa shape index (κ1) is 13.7. The van der Waals surface area contributed by atoms with Crippen LogP contribution in [0.4, 0.5) is 5.82 Å². The van der Waals surface area contributed by atoms with Gasteiger partial charge in [0.25, 0.3) is 0 Å². The minimum Gasteiger partial charge on any atom is -0.364 e. The van der Waals surface area contributed by atoms with Gasteiger partial charge in [-0.2, -0.15) is 4.52 Å². The van der Waals surface area contributed by atoms with Gasteiger partial charge in [-0.3, -0.25) is 4.79 Å². The van der Waals surface area contributed by atoms with E-state index in [4.69, 9.17) is 0 Å². The molecule has 4 rings (SSSR count). The molecule has 1 aromatic carbocycles. The van der Waals surface area contributed by atoms with Crippen LogP contribution in [0.25, 0.3) is 17.0 Å². The van der Waals surface area contributed by atoms with Crippen molar-refractivity contribution in [2.75, 3.05) is 11.9 Å². The number of carbonyl (C=O) groups excluding carboxylic acids is 1. The predicted molar refractivity (Wildman–Crippen MR) is 85.9 cm³/mol. The number of hydrogen-bond acceptors (Lipinski definition) is 5. The number of fused-ring (bicyclic) bond motifs is 1. The highest BCUT2D eigenvalue weighted by Crippen LogP contribution is 2.18. The van der Waals surface area contributed by atoms with Crippen molar-refractivity contribution < 1.29 is 4.79 Å².